The summed E-state index contributed by atoms with van der Waals surface area (Å²) in [6.07, 6.45) is 3.22. The van der Waals surface area contributed by atoms with E-state index in [1.807, 2.05) is 45.9 Å². The lowest BCUT2D eigenvalue weighted by molar-refractivity contribution is -0.129. The van der Waals surface area contributed by atoms with Crippen LogP contribution in [0.25, 0.3) is 0 Å². The maximum Gasteiger partial charge on any atom is 0.319 e. The summed E-state index contributed by atoms with van der Waals surface area (Å²) in [7, 11) is 0. The normalized spacial score (nSPS) is 20.1. The van der Waals surface area contributed by atoms with Gasteiger partial charge in [0.05, 0.1) is 0 Å². The molecular formula is C22H34N4O3. The molecule has 3 unspecified atom stereocenters. The SMILES string of the molecule is CC(C)NC(=O)C1CCCC(NC(=O)C(NC(=O)Nc2ccccc2)C(C)C)C1. The molecule has 0 spiro atoms. The van der Waals surface area contributed by atoms with Crippen LogP contribution < -0.4 is 21.3 Å². The van der Waals surface area contributed by atoms with Crippen LogP contribution in [0.5, 0.6) is 0 Å². The minimum absolute atomic E-state index is 0.0553. The van der Waals surface area contributed by atoms with Crippen molar-refractivity contribution in [1.82, 2.24) is 16.0 Å². The molecule has 4 N–H and O–H groups in total. The number of rotatable bonds is 7. The van der Waals surface area contributed by atoms with Crippen molar-refractivity contribution in [3.05, 3.63) is 30.3 Å². The number of anilines is 1. The molecule has 0 radical (unpaired) electrons. The van der Waals surface area contributed by atoms with Crippen LogP contribution in [0.2, 0.25) is 0 Å². The summed E-state index contributed by atoms with van der Waals surface area (Å²) in [4.78, 5) is 37.5. The van der Waals surface area contributed by atoms with E-state index in [0.29, 0.717) is 12.1 Å². The van der Waals surface area contributed by atoms with E-state index in [0.717, 1.165) is 19.3 Å². The fraction of sp³-hybridized carbons (Fsp3) is 0.591. The van der Waals surface area contributed by atoms with Gasteiger partial charge in [-0.15, -0.1) is 0 Å². The van der Waals surface area contributed by atoms with Gasteiger partial charge in [-0.2, -0.15) is 0 Å². The predicted molar refractivity (Wildman–Crippen MR) is 114 cm³/mol. The molecule has 1 aromatic rings. The smallest absolute Gasteiger partial charge is 0.319 e. The molecule has 160 valence electrons. The minimum Gasteiger partial charge on any atom is -0.354 e. The van der Waals surface area contributed by atoms with E-state index in [4.69, 9.17) is 0 Å². The van der Waals surface area contributed by atoms with E-state index in [1.165, 1.54) is 0 Å². The Morgan fingerprint density at radius 2 is 1.66 bits per heavy atom. The number of nitrogens with one attached hydrogen (secondary N) is 4. The number of urea groups is 1. The summed E-state index contributed by atoms with van der Waals surface area (Å²) in [5.74, 6) is -0.304. The maximum atomic E-state index is 12.8. The van der Waals surface area contributed by atoms with Crippen molar-refractivity contribution in [3.8, 4) is 0 Å². The van der Waals surface area contributed by atoms with Gasteiger partial charge in [0.25, 0.3) is 0 Å². The van der Waals surface area contributed by atoms with Gasteiger partial charge in [0, 0.05) is 23.7 Å². The molecule has 0 saturated heterocycles. The van der Waals surface area contributed by atoms with E-state index < -0.39 is 12.1 Å². The van der Waals surface area contributed by atoms with Crippen LogP contribution in [0.1, 0.15) is 53.4 Å². The van der Waals surface area contributed by atoms with Gasteiger partial charge in [-0.05, 0) is 51.2 Å². The molecule has 0 heterocycles. The number of carbonyl (C=O) groups excluding carboxylic acids is 3. The molecule has 7 heteroatoms. The zero-order valence-corrected chi connectivity index (χ0v) is 17.8. The van der Waals surface area contributed by atoms with Crippen molar-refractivity contribution in [3.63, 3.8) is 0 Å². The summed E-state index contributed by atoms with van der Waals surface area (Å²) in [6, 6.07) is 8.09. The predicted octanol–water partition coefficient (Wildman–Crippen LogP) is 3.03. The summed E-state index contributed by atoms with van der Waals surface area (Å²) in [5.41, 5.74) is 0.666. The Morgan fingerprint density at radius 1 is 0.966 bits per heavy atom. The number of benzene rings is 1. The average molecular weight is 403 g/mol. The zero-order chi connectivity index (χ0) is 21.4. The van der Waals surface area contributed by atoms with Crippen molar-refractivity contribution in [2.45, 2.75) is 71.5 Å². The second-order valence-electron chi connectivity index (χ2n) is 8.42. The lowest BCUT2D eigenvalue weighted by atomic mass is 9.84. The van der Waals surface area contributed by atoms with E-state index in [-0.39, 0.29) is 35.7 Å². The molecule has 3 atom stereocenters. The minimum atomic E-state index is -0.649. The van der Waals surface area contributed by atoms with Gasteiger partial charge in [-0.25, -0.2) is 4.79 Å². The van der Waals surface area contributed by atoms with Crippen LogP contribution in [0.4, 0.5) is 10.5 Å². The Kier molecular flexibility index (Phi) is 8.49. The van der Waals surface area contributed by atoms with Gasteiger partial charge >= 0.3 is 6.03 Å². The third-order valence-corrected chi connectivity index (χ3v) is 5.09. The van der Waals surface area contributed by atoms with Crippen molar-refractivity contribution < 1.29 is 14.4 Å². The monoisotopic (exact) mass is 402 g/mol. The number of hydrogen-bond donors (Lipinski definition) is 4. The largest absolute Gasteiger partial charge is 0.354 e. The highest BCUT2D eigenvalue weighted by molar-refractivity contribution is 5.93. The van der Waals surface area contributed by atoms with Crippen LogP contribution in [0.15, 0.2) is 30.3 Å². The van der Waals surface area contributed by atoms with E-state index >= 15 is 0 Å². The Labute approximate surface area is 173 Å². The maximum absolute atomic E-state index is 12.8. The topological polar surface area (TPSA) is 99.3 Å². The molecular weight excluding hydrogens is 368 g/mol. The van der Waals surface area contributed by atoms with E-state index in [2.05, 4.69) is 21.3 Å². The Balaban J connectivity index is 1.91. The first-order valence-corrected chi connectivity index (χ1v) is 10.5. The van der Waals surface area contributed by atoms with Crippen molar-refractivity contribution in [1.29, 1.82) is 0 Å². The molecule has 1 saturated carbocycles. The lowest BCUT2D eigenvalue weighted by Crippen LogP contribution is -2.54. The number of hydrogen-bond acceptors (Lipinski definition) is 3. The molecule has 7 nitrogen and oxygen atoms in total. The molecule has 0 aliphatic heterocycles. The fourth-order valence-electron chi connectivity index (χ4n) is 3.62. The van der Waals surface area contributed by atoms with Gasteiger partial charge in [0.15, 0.2) is 0 Å². The highest BCUT2D eigenvalue weighted by Crippen LogP contribution is 2.25. The third kappa shape index (κ3) is 7.40. The van der Waals surface area contributed by atoms with Crippen LogP contribution >= 0.6 is 0 Å². The first kappa shape index (κ1) is 22.7. The molecule has 29 heavy (non-hydrogen) atoms. The average Bonchev–Trinajstić information content (AvgIpc) is 2.66. The van der Waals surface area contributed by atoms with Crippen LogP contribution in [0, 0.1) is 11.8 Å². The zero-order valence-electron chi connectivity index (χ0n) is 17.8. The molecule has 2 rings (SSSR count). The highest BCUT2D eigenvalue weighted by Gasteiger charge is 2.31. The molecule has 0 bridgehead atoms. The second-order valence-corrected chi connectivity index (χ2v) is 8.42. The molecule has 1 aliphatic carbocycles. The summed E-state index contributed by atoms with van der Waals surface area (Å²) in [6.45, 7) is 7.68. The van der Waals surface area contributed by atoms with Crippen molar-refractivity contribution in [2.75, 3.05) is 5.32 Å². The second kappa shape index (κ2) is 10.8. The molecule has 1 aromatic carbocycles. The molecule has 0 aromatic heterocycles. The number of para-hydroxylation sites is 1. The molecule has 1 aliphatic rings. The van der Waals surface area contributed by atoms with Crippen molar-refractivity contribution in [2.24, 2.45) is 11.8 Å². The quantitative estimate of drug-likeness (QED) is 0.564. The van der Waals surface area contributed by atoms with Crippen LogP contribution in [-0.2, 0) is 9.59 Å². The van der Waals surface area contributed by atoms with Gasteiger partial charge in [-0.1, -0.05) is 38.5 Å². The summed E-state index contributed by atoms with van der Waals surface area (Å²) < 4.78 is 0. The number of carbonyl (C=O) groups is 3. The Hall–Kier alpha value is -2.57. The lowest BCUT2D eigenvalue weighted by Gasteiger charge is -2.31. The first-order chi connectivity index (χ1) is 13.8. The van der Waals surface area contributed by atoms with Gasteiger partial charge in [-0.3, -0.25) is 9.59 Å². The van der Waals surface area contributed by atoms with E-state index in [1.54, 1.807) is 12.1 Å². The standard InChI is InChI=1S/C22H34N4O3/c1-14(2)19(26-22(29)25-17-10-6-5-7-11-17)21(28)24-18-12-8-9-16(13-18)20(27)23-15(3)4/h5-7,10-11,14-16,18-19H,8-9,12-13H2,1-4H3,(H,23,27)(H,24,28)(H2,25,26,29). The van der Waals surface area contributed by atoms with Gasteiger partial charge < -0.3 is 21.3 Å². The van der Waals surface area contributed by atoms with E-state index in [9.17, 15) is 14.4 Å². The Morgan fingerprint density at radius 3 is 2.28 bits per heavy atom. The summed E-state index contributed by atoms with van der Waals surface area (Å²) in [5, 5.41) is 11.5. The molecule has 1 fully saturated rings. The van der Waals surface area contributed by atoms with Gasteiger partial charge in [0.1, 0.15) is 6.04 Å². The van der Waals surface area contributed by atoms with Crippen LogP contribution in [0.3, 0.4) is 0 Å². The fourth-order valence-corrected chi connectivity index (χ4v) is 3.62. The third-order valence-electron chi connectivity index (χ3n) is 5.09. The Bertz CT molecular complexity index is 691. The van der Waals surface area contributed by atoms with Crippen LogP contribution in [-0.4, -0.2) is 36.0 Å². The molecule has 4 amide bonds. The van der Waals surface area contributed by atoms with Crippen molar-refractivity contribution >= 4 is 23.5 Å². The van der Waals surface area contributed by atoms with Gasteiger partial charge in [0.2, 0.25) is 11.8 Å². The first-order valence-electron chi connectivity index (χ1n) is 10.5. The highest BCUT2D eigenvalue weighted by atomic mass is 16.2. The number of amides is 4. The summed E-state index contributed by atoms with van der Waals surface area (Å²) >= 11 is 0.